The van der Waals surface area contributed by atoms with Crippen LogP contribution in [0, 0.1) is 18.3 Å². The highest BCUT2D eigenvalue weighted by atomic mass is 32.1. The fraction of sp³-hybridized carbons (Fsp3) is 0.286. The van der Waals surface area contributed by atoms with Crippen LogP contribution in [0.15, 0.2) is 24.3 Å². The number of aryl methyl sites for hydroxylation is 1. The van der Waals surface area contributed by atoms with Crippen molar-refractivity contribution in [3.05, 3.63) is 34.8 Å². The van der Waals surface area contributed by atoms with Gasteiger partial charge in [0, 0.05) is 10.4 Å². The van der Waals surface area contributed by atoms with Crippen LogP contribution >= 0.6 is 11.3 Å². The predicted molar refractivity (Wildman–Crippen MR) is 72.8 cm³/mol. The Morgan fingerprint density at radius 3 is 2.67 bits per heavy atom. The third-order valence-corrected chi connectivity index (χ3v) is 3.61. The fourth-order valence-electron chi connectivity index (χ4n) is 1.65. The first-order valence-corrected chi connectivity index (χ1v) is 6.62. The van der Waals surface area contributed by atoms with Gasteiger partial charge in [0.05, 0.1) is 24.8 Å². The first-order valence-electron chi connectivity index (χ1n) is 5.81. The molecule has 0 saturated carbocycles. The Morgan fingerprint density at radius 1 is 1.33 bits per heavy atom. The van der Waals surface area contributed by atoms with E-state index in [1.165, 1.54) is 0 Å². The molecule has 1 aromatic carbocycles. The Morgan fingerprint density at radius 2 is 2.06 bits per heavy atom. The van der Waals surface area contributed by atoms with Crippen LogP contribution in [0.1, 0.15) is 17.5 Å². The van der Waals surface area contributed by atoms with Gasteiger partial charge in [0.25, 0.3) is 0 Å². The minimum absolute atomic E-state index is 0.374. The van der Waals surface area contributed by atoms with E-state index in [1.54, 1.807) is 11.3 Å². The quantitative estimate of drug-likeness (QED) is 0.842. The third kappa shape index (κ3) is 2.69. The monoisotopic (exact) mass is 258 g/mol. The van der Waals surface area contributed by atoms with E-state index in [0.29, 0.717) is 13.0 Å². The molecule has 0 aliphatic rings. The molecule has 0 N–H and O–H groups in total. The van der Waals surface area contributed by atoms with Crippen LogP contribution in [0.25, 0.3) is 10.6 Å². The second-order valence-corrected chi connectivity index (χ2v) is 5.02. The maximum absolute atomic E-state index is 8.72. The van der Waals surface area contributed by atoms with Crippen molar-refractivity contribution < 1.29 is 4.74 Å². The number of hydrogen-bond acceptors (Lipinski definition) is 4. The molecule has 0 saturated heterocycles. The standard InChI is InChI=1S/C14H14N2OS/c1-3-17-12-6-4-11(5-7-12)14-16-13(8-9-15)10(2)18-14/h4-7H,3,8H2,1-2H3. The molecule has 0 fully saturated rings. The summed E-state index contributed by atoms with van der Waals surface area (Å²) >= 11 is 1.62. The average Bonchev–Trinajstić information content (AvgIpc) is 2.73. The maximum atomic E-state index is 8.72. The van der Waals surface area contributed by atoms with E-state index in [-0.39, 0.29) is 0 Å². The smallest absolute Gasteiger partial charge is 0.123 e. The SMILES string of the molecule is CCOc1ccc(-c2nc(CC#N)c(C)s2)cc1. The highest BCUT2D eigenvalue weighted by Crippen LogP contribution is 2.29. The molecule has 18 heavy (non-hydrogen) atoms. The van der Waals surface area contributed by atoms with Crippen LogP contribution in [-0.2, 0) is 6.42 Å². The Hall–Kier alpha value is -1.86. The van der Waals surface area contributed by atoms with Crippen LogP contribution in [-0.4, -0.2) is 11.6 Å². The molecule has 2 rings (SSSR count). The molecule has 0 amide bonds. The zero-order valence-corrected chi connectivity index (χ0v) is 11.3. The lowest BCUT2D eigenvalue weighted by molar-refractivity contribution is 0.340. The summed E-state index contributed by atoms with van der Waals surface area (Å²) in [7, 11) is 0. The topological polar surface area (TPSA) is 45.9 Å². The van der Waals surface area contributed by atoms with Crippen LogP contribution in [0.4, 0.5) is 0 Å². The molecular formula is C14H14N2OS. The summed E-state index contributed by atoms with van der Waals surface area (Å²) in [5.41, 5.74) is 1.95. The minimum atomic E-state index is 0.374. The Balaban J connectivity index is 2.26. The Bertz CT molecular complexity index is 566. The second kappa shape index (κ2) is 5.65. The van der Waals surface area contributed by atoms with E-state index >= 15 is 0 Å². The van der Waals surface area contributed by atoms with Crippen LogP contribution in [0.2, 0.25) is 0 Å². The van der Waals surface area contributed by atoms with Gasteiger partial charge in [0.1, 0.15) is 10.8 Å². The van der Waals surface area contributed by atoms with E-state index in [0.717, 1.165) is 26.9 Å². The highest BCUT2D eigenvalue weighted by molar-refractivity contribution is 7.15. The van der Waals surface area contributed by atoms with Crippen molar-refractivity contribution >= 4 is 11.3 Å². The molecule has 0 spiro atoms. The number of hydrogen-bond donors (Lipinski definition) is 0. The number of aromatic nitrogens is 1. The van der Waals surface area contributed by atoms with Gasteiger partial charge in [-0.2, -0.15) is 5.26 Å². The summed E-state index contributed by atoms with van der Waals surface area (Å²) < 4.78 is 5.40. The molecule has 0 bridgehead atoms. The summed E-state index contributed by atoms with van der Waals surface area (Å²) in [6, 6.07) is 10.0. The van der Waals surface area contributed by atoms with Gasteiger partial charge in [-0.15, -0.1) is 11.3 Å². The van der Waals surface area contributed by atoms with Crippen molar-refractivity contribution in [2.45, 2.75) is 20.3 Å². The van der Waals surface area contributed by atoms with E-state index in [4.69, 9.17) is 10.00 Å². The lowest BCUT2D eigenvalue weighted by Gasteiger charge is -2.02. The van der Waals surface area contributed by atoms with Crippen molar-refractivity contribution in [3.8, 4) is 22.4 Å². The molecule has 1 aromatic heterocycles. The predicted octanol–water partition coefficient (Wildman–Crippen LogP) is 3.58. The lowest BCUT2D eigenvalue weighted by Crippen LogP contribution is -1.90. The molecule has 3 nitrogen and oxygen atoms in total. The van der Waals surface area contributed by atoms with Gasteiger partial charge in [-0.05, 0) is 38.1 Å². The minimum Gasteiger partial charge on any atom is -0.494 e. The molecule has 0 aliphatic carbocycles. The summed E-state index contributed by atoms with van der Waals surface area (Å²) in [5.74, 6) is 0.867. The number of nitriles is 1. The molecule has 92 valence electrons. The molecule has 4 heteroatoms. The Kier molecular flexibility index (Phi) is 3.96. The molecule has 0 atom stereocenters. The molecule has 0 unspecified atom stereocenters. The second-order valence-electron chi connectivity index (χ2n) is 3.81. The van der Waals surface area contributed by atoms with Crippen LogP contribution < -0.4 is 4.74 Å². The van der Waals surface area contributed by atoms with E-state index in [1.807, 2.05) is 38.1 Å². The van der Waals surface area contributed by atoms with Gasteiger partial charge >= 0.3 is 0 Å². The van der Waals surface area contributed by atoms with Crippen LogP contribution in [0.5, 0.6) is 5.75 Å². The number of thiazole rings is 1. The number of ether oxygens (including phenoxy) is 1. The Labute approximate surface area is 111 Å². The zero-order chi connectivity index (χ0) is 13.0. The summed E-state index contributed by atoms with van der Waals surface area (Å²) in [4.78, 5) is 5.61. The maximum Gasteiger partial charge on any atom is 0.123 e. The third-order valence-electron chi connectivity index (χ3n) is 2.55. The number of benzene rings is 1. The van der Waals surface area contributed by atoms with Crippen LogP contribution in [0.3, 0.4) is 0 Å². The van der Waals surface area contributed by atoms with Gasteiger partial charge in [-0.1, -0.05) is 0 Å². The highest BCUT2D eigenvalue weighted by Gasteiger charge is 2.09. The van der Waals surface area contributed by atoms with Crippen molar-refractivity contribution in [3.63, 3.8) is 0 Å². The number of rotatable bonds is 4. The first-order chi connectivity index (χ1) is 8.74. The first kappa shape index (κ1) is 12.6. The summed E-state index contributed by atoms with van der Waals surface area (Å²) in [6.45, 7) is 4.64. The van der Waals surface area contributed by atoms with Crippen molar-refractivity contribution in [1.29, 1.82) is 5.26 Å². The normalized spacial score (nSPS) is 10.1. The van der Waals surface area contributed by atoms with Gasteiger partial charge in [0.15, 0.2) is 0 Å². The molecule has 1 heterocycles. The molecular weight excluding hydrogens is 244 g/mol. The average molecular weight is 258 g/mol. The largest absolute Gasteiger partial charge is 0.494 e. The molecule has 0 radical (unpaired) electrons. The lowest BCUT2D eigenvalue weighted by atomic mass is 10.2. The summed E-state index contributed by atoms with van der Waals surface area (Å²) in [6.07, 6.45) is 0.374. The van der Waals surface area contributed by atoms with Crippen molar-refractivity contribution in [1.82, 2.24) is 4.98 Å². The van der Waals surface area contributed by atoms with E-state index in [2.05, 4.69) is 11.1 Å². The zero-order valence-electron chi connectivity index (χ0n) is 10.4. The number of nitrogens with zero attached hydrogens (tertiary/aromatic N) is 2. The summed E-state index contributed by atoms with van der Waals surface area (Å²) in [5, 5.41) is 9.68. The molecule has 0 aliphatic heterocycles. The van der Waals surface area contributed by atoms with Gasteiger partial charge in [0.2, 0.25) is 0 Å². The van der Waals surface area contributed by atoms with Crippen molar-refractivity contribution in [2.75, 3.05) is 6.61 Å². The fourth-order valence-corrected chi connectivity index (χ4v) is 2.59. The molecule has 2 aromatic rings. The van der Waals surface area contributed by atoms with E-state index in [9.17, 15) is 0 Å². The van der Waals surface area contributed by atoms with Gasteiger partial charge in [-0.3, -0.25) is 0 Å². The van der Waals surface area contributed by atoms with Gasteiger partial charge < -0.3 is 4.74 Å². The van der Waals surface area contributed by atoms with Crippen molar-refractivity contribution in [2.24, 2.45) is 0 Å². The van der Waals surface area contributed by atoms with E-state index < -0.39 is 0 Å². The van der Waals surface area contributed by atoms with Gasteiger partial charge in [-0.25, -0.2) is 4.98 Å².